The van der Waals surface area contributed by atoms with Gasteiger partial charge in [-0.25, -0.2) is 0 Å². The number of rotatable bonds is 5. The van der Waals surface area contributed by atoms with Crippen molar-refractivity contribution in [1.29, 1.82) is 0 Å². The number of halogens is 2. The zero-order chi connectivity index (χ0) is 22.2. The van der Waals surface area contributed by atoms with Crippen LogP contribution in [0.15, 0.2) is 72.8 Å². The van der Waals surface area contributed by atoms with Crippen LogP contribution in [-0.4, -0.2) is 28.1 Å². The fraction of sp³-hybridized carbons (Fsp3) is 0.120. The number of ether oxygens (including phenoxy) is 1. The van der Waals surface area contributed by atoms with Gasteiger partial charge in [0, 0.05) is 27.7 Å². The smallest absolute Gasteiger partial charge is 0.273 e. The van der Waals surface area contributed by atoms with E-state index in [1.165, 1.54) is 0 Å². The molecule has 0 saturated carbocycles. The fourth-order valence-corrected chi connectivity index (χ4v) is 4.45. The average molecular weight is 464 g/mol. The van der Waals surface area contributed by atoms with Gasteiger partial charge in [-0.2, -0.15) is 5.10 Å². The predicted molar refractivity (Wildman–Crippen MR) is 125 cm³/mol. The number of aromatic amines is 1. The number of aromatic nitrogens is 2. The summed E-state index contributed by atoms with van der Waals surface area (Å²) in [5.41, 5.74) is 4.79. The van der Waals surface area contributed by atoms with Gasteiger partial charge in [-0.05, 0) is 53.6 Å². The van der Waals surface area contributed by atoms with Gasteiger partial charge in [0.05, 0.1) is 18.8 Å². The van der Waals surface area contributed by atoms with Crippen LogP contribution in [0.2, 0.25) is 10.0 Å². The van der Waals surface area contributed by atoms with E-state index in [1.807, 2.05) is 77.7 Å². The molecule has 4 aromatic rings. The van der Waals surface area contributed by atoms with E-state index in [9.17, 15) is 4.79 Å². The van der Waals surface area contributed by atoms with E-state index in [0.717, 1.165) is 33.7 Å². The van der Waals surface area contributed by atoms with Crippen LogP contribution in [0.4, 0.5) is 0 Å². The van der Waals surface area contributed by atoms with Crippen molar-refractivity contribution in [1.82, 2.24) is 15.1 Å². The summed E-state index contributed by atoms with van der Waals surface area (Å²) in [5.74, 6) is 0.638. The highest BCUT2D eigenvalue weighted by atomic mass is 35.5. The van der Waals surface area contributed by atoms with Crippen LogP contribution in [0.3, 0.4) is 0 Å². The second-order valence-corrected chi connectivity index (χ2v) is 8.41. The van der Waals surface area contributed by atoms with E-state index >= 15 is 0 Å². The van der Waals surface area contributed by atoms with Crippen LogP contribution in [0.1, 0.15) is 33.2 Å². The Balaban J connectivity index is 1.63. The molecule has 0 radical (unpaired) electrons. The molecule has 1 aliphatic rings. The third-order valence-electron chi connectivity index (χ3n) is 5.71. The highest BCUT2D eigenvalue weighted by Gasteiger charge is 2.42. The van der Waals surface area contributed by atoms with Gasteiger partial charge in [-0.1, -0.05) is 53.5 Å². The summed E-state index contributed by atoms with van der Waals surface area (Å²) >= 11 is 12.6. The average Bonchev–Trinajstić information content (AvgIpc) is 3.35. The summed E-state index contributed by atoms with van der Waals surface area (Å²) in [6, 6.07) is 22.4. The Morgan fingerprint density at radius 3 is 2.41 bits per heavy atom. The van der Waals surface area contributed by atoms with Crippen molar-refractivity contribution in [3.8, 4) is 17.0 Å². The summed E-state index contributed by atoms with van der Waals surface area (Å²) < 4.78 is 5.28. The number of methoxy groups -OCH3 is 1. The molecule has 7 heteroatoms. The third-order valence-corrected chi connectivity index (χ3v) is 6.33. The summed E-state index contributed by atoms with van der Waals surface area (Å²) in [5, 5.41) is 8.74. The number of carbonyl (C=O) groups excluding carboxylic acids is 1. The van der Waals surface area contributed by atoms with Crippen LogP contribution >= 0.6 is 23.2 Å². The molecular formula is C25H19Cl2N3O2. The summed E-state index contributed by atoms with van der Waals surface area (Å²) in [7, 11) is 1.63. The molecule has 5 nitrogen and oxygen atoms in total. The van der Waals surface area contributed by atoms with Crippen LogP contribution in [-0.2, 0) is 6.54 Å². The van der Waals surface area contributed by atoms with Crippen molar-refractivity contribution >= 4 is 29.1 Å². The highest BCUT2D eigenvalue weighted by molar-refractivity contribution is 6.31. The zero-order valence-corrected chi connectivity index (χ0v) is 18.7. The number of hydrogen-bond acceptors (Lipinski definition) is 3. The maximum Gasteiger partial charge on any atom is 0.273 e. The molecule has 32 heavy (non-hydrogen) atoms. The second kappa shape index (κ2) is 8.34. The molecule has 0 aliphatic carbocycles. The standard InChI is InChI=1S/C25H19Cl2N3O2/c1-32-19-12-8-15(9-13-19)22-21-23(29-28-22)25(31)30(14-17-4-2-3-5-20(17)27)24(21)16-6-10-18(26)11-7-16/h2-13,24H,14H2,1H3,(H,28,29). The molecule has 3 aromatic carbocycles. The Bertz CT molecular complexity index is 1280. The molecule has 0 fully saturated rings. The molecule has 1 aliphatic heterocycles. The van der Waals surface area contributed by atoms with Gasteiger partial charge in [0.25, 0.3) is 5.91 Å². The summed E-state index contributed by atoms with van der Waals surface area (Å²) in [6.45, 7) is 0.371. The van der Waals surface area contributed by atoms with Crippen molar-refractivity contribution in [3.63, 3.8) is 0 Å². The Kier molecular flexibility index (Phi) is 5.37. The molecule has 1 atom stereocenters. The lowest BCUT2D eigenvalue weighted by atomic mass is 9.96. The maximum absolute atomic E-state index is 13.5. The lowest BCUT2D eigenvalue weighted by Gasteiger charge is -2.27. The van der Waals surface area contributed by atoms with Crippen LogP contribution in [0.25, 0.3) is 11.3 Å². The quantitative estimate of drug-likeness (QED) is 0.386. The second-order valence-electron chi connectivity index (χ2n) is 7.57. The number of nitrogens with zero attached hydrogens (tertiary/aromatic N) is 2. The molecule has 1 N–H and O–H groups in total. The van der Waals surface area contributed by atoms with Crippen molar-refractivity contribution in [3.05, 3.63) is 105 Å². The van der Waals surface area contributed by atoms with Gasteiger partial charge in [0.2, 0.25) is 0 Å². The molecule has 1 amide bonds. The first-order valence-electron chi connectivity index (χ1n) is 10.1. The molecular weight excluding hydrogens is 445 g/mol. The number of carbonyl (C=O) groups is 1. The lowest BCUT2D eigenvalue weighted by molar-refractivity contribution is 0.0730. The van der Waals surface area contributed by atoms with Crippen LogP contribution in [0.5, 0.6) is 5.75 Å². The Morgan fingerprint density at radius 1 is 1.00 bits per heavy atom. The van der Waals surface area contributed by atoms with Gasteiger partial charge >= 0.3 is 0 Å². The van der Waals surface area contributed by atoms with Crippen LogP contribution in [0, 0.1) is 0 Å². The molecule has 5 rings (SSSR count). The topological polar surface area (TPSA) is 58.2 Å². The van der Waals surface area contributed by atoms with Crippen molar-refractivity contribution in [2.45, 2.75) is 12.6 Å². The Hall–Kier alpha value is -3.28. The molecule has 0 bridgehead atoms. The fourth-order valence-electron chi connectivity index (χ4n) is 4.13. The first-order chi connectivity index (χ1) is 15.6. The molecule has 1 unspecified atom stereocenters. The third kappa shape index (κ3) is 3.53. The molecule has 1 aromatic heterocycles. The van der Waals surface area contributed by atoms with Gasteiger partial charge < -0.3 is 9.64 Å². The Labute approximate surface area is 195 Å². The van der Waals surface area contributed by atoms with E-state index in [1.54, 1.807) is 7.11 Å². The van der Waals surface area contributed by atoms with Crippen molar-refractivity contribution in [2.75, 3.05) is 7.11 Å². The maximum atomic E-state index is 13.5. The molecule has 160 valence electrons. The number of fused-ring (bicyclic) bond motifs is 1. The summed E-state index contributed by atoms with van der Waals surface area (Å²) in [6.07, 6.45) is 0. The first-order valence-corrected chi connectivity index (χ1v) is 10.8. The van der Waals surface area contributed by atoms with E-state index in [0.29, 0.717) is 22.3 Å². The Morgan fingerprint density at radius 2 is 1.72 bits per heavy atom. The minimum atomic E-state index is -0.332. The normalized spacial score (nSPS) is 15.2. The van der Waals surface area contributed by atoms with Crippen LogP contribution < -0.4 is 4.74 Å². The predicted octanol–water partition coefficient (Wildman–Crippen LogP) is 6.14. The highest BCUT2D eigenvalue weighted by Crippen LogP contribution is 2.44. The number of H-pyrrole nitrogens is 1. The van der Waals surface area contributed by atoms with Gasteiger partial charge in [-0.15, -0.1) is 0 Å². The van der Waals surface area contributed by atoms with E-state index in [-0.39, 0.29) is 11.9 Å². The van der Waals surface area contributed by atoms with Gasteiger partial charge in [-0.3, -0.25) is 9.89 Å². The number of hydrogen-bond donors (Lipinski definition) is 1. The lowest BCUT2D eigenvalue weighted by Crippen LogP contribution is -2.29. The van der Waals surface area contributed by atoms with Crippen molar-refractivity contribution < 1.29 is 9.53 Å². The largest absolute Gasteiger partial charge is 0.497 e. The molecule has 0 spiro atoms. The minimum Gasteiger partial charge on any atom is -0.497 e. The number of amides is 1. The SMILES string of the molecule is COc1ccc(-c2n[nH]c3c2C(c2ccc(Cl)cc2)N(Cc2ccccc2Cl)C3=O)cc1. The zero-order valence-electron chi connectivity index (χ0n) is 17.2. The number of benzene rings is 3. The molecule has 2 heterocycles. The molecule has 0 saturated heterocycles. The van der Waals surface area contributed by atoms with E-state index in [4.69, 9.17) is 27.9 Å². The van der Waals surface area contributed by atoms with Crippen molar-refractivity contribution in [2.24, 2.45) is 0 Å². The first kappa shape index (κ1) is 20.6. The van der Waals surface area contributed by atoms with Gasteiger partial charge in [0.1, 0.15) is 11.4 Å². The van der Waals surface area contributed by atoms with E-state index < -0.39 is 0 Å². The number of nitrogens with one attached hydrogen (secondary N) is 1. The monoisotopic (exact) mass is 463 g/mol. The minimum absolute atomic E-state index is 0.118. The summed E-state index contributed by atoms with van der Waals surface area (Å²) in [4.78, 5) is 15.3. The van der Waals surface area contributed by atoms with Gasteiger partial charge in [0.15, 0.2) is 0 Å². The van der Waals surface area contributed by atoms with E-state index in [2.05, 4.69) is 10.2 Å².